The molecule has 0 N–H and O–H groups in total. The predicted molar refractivity (Wildman–Crippen MR) is 107 cm³/mol. The van der Waals surface area contributed by atoms with E-state index in [0.29, 0.717) is 5.69 Å². The number of rotatable bonds is 4. The predicted octanol–water partition coefficient (Wildman–Crippen LogP) is 3.26. The molecule has 1 saturated heterocycles. The Hall–Kier alpha value is -2.58. The van der Waals surface area contributed by atoms with Crippen LogP contribution in [-0.2, 0) is 19.6 Å². The van der Waals surface area contributed by atoms with Gasteiger partial charge in [0.05, 0.1) is 17.0 Å². The first-order valence-corrected chi connectivity index (χ1v) is 10.6. The minimum Gasteiger partial charge on any atom is -0.274 e. The van der Waals surface area contributed by atoms with Crippen LogP contribution in [0.25, 0.3) is 0 Å². The van der Waals surface area contributed by atoms with Crippen molar-refractivity contribution in [2.45, 2.75) is 50.6 Å². The molecule has 1 unspecified atom stereocenters. The molecule has 0 aliphatic carbocycles. The van der Waals surface area contributed by atoms with Gasteiger partial charge in [0.15, 0.2) is 0 Å². The van der Waals surface area contributed by atoms with E-state index >= 15 is 0 Å². The number of hydrogen-bond acceptors (Lipinski definition) is 4. The summed E-state index contributed by atoms with van der Waals surface area (Å²) in [5.41, 5.74) is 0.387. The Bertz CT molecular complexity index is 1040. The number of anilines is 1. The molecule has 0 bridgehead atoms. The van der Waals surface area contributed by atoms with Crippen LogP contribution in [0.2, 0.25) is 0 Å². The molecule has 1 atom stereocenters. The van der Waals surface area contributed by atoms with E-state index in [2.05, 4.69) is 0 Å². The van der Waals surface area contributed by atoms with Gasteiger partial charge in [-0.05, 0) is 64.1 Å². The third kappa shape index (κ3) is 3.95. The van der Waals surface area contributed by atoms with Gasteiger partial charge in [-0.25, -0.2) is 17.7 Å². The lowest BCUT2D eigenvalue weighted by Gasteiger charge is -2.37. The lowest BCUT2D eigenvalue weighted by atomic mass is 10.1. The molecule has 8 heteroatoms. The standard InChI is InChI=1S/C21H23FN2O4S/c1-14-5-9-16(10-6-14)23-19(25)13-18(20(23)26)24(21(2,3)4)29(27,28)17-11-7-15(22)8-12-17/h5-12,18H,13H2,1-4H3. The summed E-state index contributed by atoms with van der Waals surface area (Å²) in [7, 11) is -4.16. The smallest absolute Gasteiger partial charge is 0.252 e. The highest BCUT2D eigenvalue weighted by Gasteiger charge is 2.50. The van der Waals surface area contributed by atoms with E-state index in [1.807, 2.05) is 6.92 Å². The number of hydrogen-bond donors (Lipinski definition) is 0. The highest BCUT2D eigenvalue weighted by Crippen LogP contribution is 2.34. The second kappa shape index (κ2) is 7.35. The van der Waals surface area contributed by atoms with Crippen molar-refractivity contribution in [1.82, 2.24) is 4.31 Å². The molecule has 0 spiro atoms. The number of benzene rings is 2. The Morgan fingerprint density at radius 3 is 2.07 bits per heavy atom. The fourth-order valence-electron chi connectivity index (χ4n) is 3.48. The number of aryl methyl sites for hydroxylation is 1. The number of amides is 2. The van der Waals surface area contributed by atoms with Crippen LogP contribution < -0.4 is 4.90 Å². The lowest BCUT2D eigenvalue weighted by Crippen LogP contribution is -2.54. The summed E-state index contributed by atoms with van der Waals surface area (Å²) in [6, 6.07) is 10.1. The summed E-state index contributed by atoms with van der Waals surface area (Å²) in [5.74, 6) is -1.63. The van der Waals surface area contributed by atoms with Crippen LogP contribution in [0.15, 0.2) is 53.4 Å². The molecule has 2 aromatic carbocycles. The van der Waals surface area contributed by atoms with Crippen molar-refractivity contribution in [1.29, 1.82) is 0 Å². The van der Waals surface area contributed by atoms with Gasteiger partial charge in [0, 0.05) is 5.54 Å². The molecule has 1 aliphatic rings. The van der Waals surface area contributed by atoms with E-state index < -0.39 is 39.2 Å². The molecule has 6 nitrogen and oxygen atoms in total. The van der Waals surface area contributed by atoms with Gasteiger partial charge in [-0.1, -0.05) is 17.7 Å². The average Bonchev–Trinajstić information content (AvgIpc) is 2.89. The van der Waals surface area contributed by atoms with Crippen LogP contribution in [0.3, 0.4) is 0 Å². The normalized spacial score (nSPS) is 18.0. The van der Waals surface area contributed by atoms with Gasteiger partial charge in [0.2, 0.25) is 15.9 Å². The van der Waals surface area contributed by atoms with Gasteiger partial charge in [0.25, 0.3) is 5.91 Å². The van der Waals surface area contributed by atoms with E-state index in [9.17, 15) is 22.4 Å². The Balaban J connectivity index is 2.04. The molecular formula is C21H23FN2O4S. The van der Waals surface area contributed by atoms with Crippen molar-refractivity contribution in [3.8, 4) is 0 Å². The summed E-state index contributed by atoms with van der Waals surface area (Å²) in [4.78, 5) is 26.7. The van der Waals surface area contributed by atoms with Gasteiger partial charge in [-0.2, -0.15) is 4.31 Å². The van der Waals surface area contributed by atoms with Crippen LogP contribution >= 0.6 is 0 Å². The zero-order chi connectivity index (χ0) is 21.6. The maximum atomic E-state index is 13.3. The van der Waals surface area contributed by atoms with Crippen molar-refractivity contribution < 1.29 is 22.4 Å². The number of carbonyl (C=O) groups is 2. The van der Waals surface area contributed by atoms with Crippen molar-refractivity contribution in [3.63, 3.8) is 0 Å². The van der Waals surface area contributed by atoms with Crippen LogP contribution in [0.4, 0.5) is 10.1 Å². The quantitative estimate of drug-likeness (QED) is 0.715. The fourth-order valence-corrected chi connectivity index (χ4v) is 5.41. The van der Waals surface area contributed by atoms with Gasteiger partial charge in [0.1, 0.15) is 11.9 Å². The summed E-state index contributed by atoms with van der Waals surface area (Å²) >= 11 is 0. The number of halogens is 1. The summed E-state index contributed by atoms with van der Waals surface area (Å²) in [6.07, 6.45) is -0.260. The van der Waals surface area contributed by atoms with E-state index in [0.717, 1.165) is 39.0 Å². The molecule has 29 heavy (non-hydrogen) atoms. The Labute approximate surface area is 170 Å². The number of nitrogens with zero attached hydrogens (tertiary/aromatic N) is 2. The third-order valence-electron chi connectivity index (χ3n) is 4.73. The van der Waals surface area contributed by atoms with E-state index in [-0.39, 0.29) is 11.3 Å². The Morgan fingerprint density at radius 2 is 1.55 bits per heavy atom. The molecule has 0 radical (unpaired) electrons. The Kier molecular flexibility index (Phi) is 5.36. The first kappa shape index (κ1) is 21.1. The summed E-state index contributed by atoms with van der Waals surface area (Å²) < 4.78 is 41.0. The van der Waals surface area contributed by atoms with Crippen LogP contribution in [0.1, 0.15) is 32.8 Å². The second-order valence-corrected chi connectivity index (χ2v) is 9.86. The maximum Gasteiger partial charge on any atom is 0.252 e. The average molecular weight is 418 g/mol. The number of imide groups is 1. The lowest BCUT2D eigenvalue weighted by molar-refractivity contribution is -0.122. The van der Waals surface area contributed by atoms with Crippen molar-refractivity contribution in [2.24, 2.45) is 0 Å². The van der Waals surface area contributed by atoms with Crippen LogP contribution in [-0.4, -0.2) is 36.1 Å². The van der Waals surface area contributed by atoms with Crippen molar-refractivity contribution in [3.05, 3.63) is 59.9 Å². The first-order valence-electron chi connectivity index (χ1n) is 9.16. The molecular weight excluding hydrogens is 395 g/mol. The summed E-state index contributed by atoms with van der Waals surface area (Å²) in [6.45, 7) is 6.85. The molecule has 2 amide bonds. The molecule has 154 valence electrons. The Morgan fingerprint density at radius 1 is 1.00 bits per heavy atom. The van der Waals surface area contributed by atoms with Crippen molar-refractivity contribution in [2.75, 3.05) is 4.90 Å². The molecule has 3 rings (SSSR count). The molecule has 0 aromatic heterocycles. The SMILES string of the molecule is Cc1ccc(N2C(=O)CC(N(C(C)(C)C)S(=O)(=O)c3ccc(F)cc3)C2=O)cc1. The minimum atomic E-state index is -4.16. The third-order valence-corrected chi connectivity index (χ3v) is 6.92. The topological polar surface area (TPSA) is 74.8 Å². The number of carbonyl (C=O) groups excluding carboxylic acids is 2. The van der Waals surface area contributed by atoms with Crippen LogP contribution in [0.5, 0.6) is 0 Å². The van der Waals surface area contributed by atoms with Gasteiger partial charge >= 0.3 is 0 Å². The number of sulfonamides is 1. The van der Waals surface area contributed by atoms with Crippen LogP contribution in [0, 0.1) is 12.7 Å². The minimum absolute atomic E-state index is 0.136. The van der Waals surface area contributed by atoms with E-state index in [1.165, 1.54) is 0 Å². The largest absolute Gasteiger partial charge is 0.274 e. The first-order chi connectivity index (χ1) is 13.4. The second-order valence-electron chi connectivity index (χ2n) is 8.05. The zero-order valence-electron chi connectivity index (χ0n) is 16.7. The van der Waals surface area contributed by atoms with Crippen molar-refractivity contribution >= 4 is 27.5 Å². The molecule has 1 fully saturated rings. The maximum absolute atomic E-state index is 13.3. The molecule has 1 aliphatic heterocycles. The summed E-state index contributed by atoms with van der Waals surface area (Å²) in [5, 5.41) is 0. The highest BCUT2D eigenvalue weighted by molar-refractivity contribution is 7.89. The van der Waals surface area contributed by atoms with Gasteiger partial charge in [-0.3, -0.25) is 9.59 Å². The molecule has 1 heterocycles. The monoisotopic (exact) mass is 418 g/mol. The fraction of sp³-hybridized carbons (Fsp3) is 0.333. The van der Waals surface area contributed by atoms with Gasteiger partial charge in [-0.15, -0.1) is 0 Å². The molecule has 2 aromatic rings. The van der Waals surface area contributed by atoms with E-state index in [4.69, 9.17) is 0 Å². The van der Waals surface area contributed by atoms with Gasteiger partial charge < -0.3 is 0 Å². The van der Waals surface area contributed by atoms with E-state index in [1.54, 1.807) is 45.0 Å². The zero-order valence-corrected chi connectivity index (χ0v) is 17.5. The molecule has 0 saturated carbocycles. The highest BCUT2D eigenvalue weighted by atomic mass is 32.2.